The third-order valence-corrected chi connectivity index (χ3v) is 7.01. The molecule has 1 fully saturated rings. The average molecular weight is 517 g/mol. The first kappa shape index (κ1) is 27.0. The van der Waals surface area contributed by atoms with Crippen molar-refractivity contribution in [3.63, 3.8) is 0 Å². The van der Waals surface area contributed by atoms with E-state index in [0.717, 1.165) is 5.69 Å². The SMILES string of the molecule is CN(C)c1ccc(N=Nc2ccc(S(=O)(=O)CCCOCCC(=O)ON3C(=O)CCC3=O)cc2)cc1. The largest absolute Gasteiger partial charge is 0.381 e. The number of hydroxylamine groups is 2. The summed E-state index contributed by atoms with van der Waals surface area (Å²) in [6.07, 6.45) is 0.107. The molecule has 1 aliphatic rings. The second-order valence-electron chi connectivity index (χ2n) is 8.18. The van der Waals surface area contributed by atoms with Gasteiger partial charge >= 0.3 is 5.97 Å². The second kappa shape index (κ2) is 12.4. The van der Waals surface area contributed by atoms with Crippen molar-refractivity contribution in [2.75, 3.05) is 38.0 Å². The molecule has 2 aromatic rings. The third-order valence-electron chi connectivity index (χ3n) is 5.19. The van der Waals surface area contributed by atoms with Crippen LogP contribution < -0.4 is 4.90 Å². The van der Waals surface area contributed by atoms with Gasteiger partial charge in [-0.15, -0.1) is 5.06 Å². The molecule has 1 aliphatic heterocycles. The number of ether oxygens (including phenoxy) is 1. The zero-order valence-corrected chi connectivity index (χ0v) is 20.9. The molecule has 1 heterocycles. The molecule has 0 radical (unpaired) electrons. The van der Waals surface area contributed by atoms with Crippen molar-refractivity contribution in [1.82, 2.24) is 5.06 Å². The molecule has 0 aliphatic carbocycles. The van der Waals surface area contributed by atoms with Crippen LogP contribution in [0.1, 0.15) is 25.7 Å². The first-order chi connectivity index (χ1) is 17.2. The van der Waals surface area contributed by atoms with Gasteiger partial charge in [-0.25, -0.2) is 13.2 Å². The van der Waals surface area contributed by atoms with Gasteiger partial charge in [-0.1, -0.05) is 0 Å². The summed E-state index contributed by atoms with van der Waals surface area (Å²) in [7, 11) is 0.378. The van der Waals surface area contributed by atoms with E-state index in [2.05, 4.69) is 10.2 Å². The summed E-state index contributed by atoms with van der Waals surface area (Å²) < 4.78 is 30.4. The number of imide groups is 1. The Labute approximate surface area is 209 Å². The topological polar surface area (TPSA) is 135 Å². The Bertz CT molecular complexity index is 1190. The first-order valence-corrected chi connectivity index (χ1v) is 13.0. The van der Waals surface area contributed by atoms with Crippen LogP contribution >= 0.6 is 0 Å². The van der Waals surface area contributed by atoms with E-state index in [1.807, 2.05) is 43.3 Å². The number of sulfone groups is 1. The lowest BCUT2D eigenvalue weighted by molar-refractivity contribution is -0.198. The number of anilines is 1. The maximum Gasteiger partial charge on any atom is 0.335 e. The predicted molar refractivity (Wildman–Crippen MR) is 131 cm³/mol. The summed E-state index contributed by atoms with van der Waals surface area (Å²) >= 11 is 0. The van der Waals surface area contributed by atoms with Gasteiger partial charge in [0.25, 0.3) is 11.8 Å². The quantitative estimate of drug-likeness (QED) is 0.238. The van der Waals surface area contributed by atoms with Gasteiger partial charge in [0.1, 0.15) is 0 Å². The van der Waals surface area contributed by atoms with E-state index >= 15 is 0 Å². The molecule has 0 aromatic heterocycles. The van der Waals surface area contributed by atoms with Crippen molar-refractivity contribution < 1.29 is 32.4 Å². The zero-order chi connectivity index (χ0) is 26.1. The average Bonchev–Trinajstić information content (AvgIpc) is 3.17. The highest BCUT2D eigenvalue weighted by atomic mass is 32.2. The maximum atomic E-state index is 12.5. The minimum Gasteiger partial charge on any atom is -0.381 e. The Morgan fingerprint density at radius 1 is 0.917 bits per heavy atom. The van der Waals surface area contributed by atoms with Gasteiger partial charge in [0, 0.05) is 39.2 Å². The van der Waals surface area contributed by atoms with Crippen LogP contribution in [0, 0.1) is 0 Å². The van der Waals surface area contributed by atoms with E-state index in [9.17, 15) is 22.8 Å². The Balaban J connectivity index is 1.38. The molecule has 36 heavy (non-hydrogen) atoms. The number of azo groups is 1. The van der Waals surface area contributed by atoms with E-state index in [-0.39, 0.29) is 49.5 Å². The minimum absolute atomic E-state index is 0.0212. The van der Waals surface area contributed by atoms with Crippen LogP contribution in [0.3, 0.4) is 0 Å². The van der Waals surface area contributed by atoms with E-state index in [0.29, 0.717) is 16.4 Å². The molecule has 11 nitrogen and oxygen atoms in total. The molecular weight excluding hydrogens is 488 g/mol. The Morgan fingerprint density at radius 2 is 1.47 bits per heavy atom. The highest BCUT2D eigenvalue weighted by molar-refractivity contribution is 7.91. The first-order valence-electron chi connectivity index (χ1n) is 11.3. The molecular formula is C24H28N4O7S. The van der Waals surface area contributed by atoms with Crippen LogP contribution in [0.2, 0.25) is 0 Å². The highest BCUT2D eigenvalue weighted by Crippen LogP contribution is 2.23. The predicted octanol–water partition coefficient (Wildman–Crippen LogP) is 3.35. The molecule has 0 atom stereocenters. The molecule has 0 N–H and O–H groups in total. The molecule has 0 bridgehead atoms. The van der Waals surface area contributed by atoms with Gasteiger partial charge in [-0.05, 0) is 55.0 Å². The summed E-state index contributed by atoms with van der Waals surface area (Å²) in [5.41, 5.74) is 2.26. The zero-order valence-electron chi connectivity index (χ0n) is 20.1. The third kappa shape index (κ3) is 7.68. The molecule has 0 spiro atoms. The summed E-state index contributed by atoms with van der Waals surface area (Å²) in [6, 6.07) is 13.7. The van der Waals surface area contributed by atoms with E-state index < -0.39 is 27.6 Å². The van der Waals surface area contributed by atoms with Crippen molar-refractivity contribution in [2.24, 2.45) is 10.2 Å². The standard InChI is InChI=1S/C24H28N4O7S/c1-27(2)20-8-4-18(5-9-20)25-26-19-6-10-21(11-7-19)36(32,33)17-3-15-34-16-14-24(31)35-28-22(29)12-13-23(28)30/h4-11H,3,12-17H2,1-2H3. The van der Waals surface area contributed by atoms with Gasteiger partial charge in [-0.3, -0.25) is 9.59 Å². The Hall–Kier alpha value is -3.64. The molecule has 2 aromatic carbocycles. The summed E-state index contributed by atoms with van der Waals surface area (Å²) in [5.74, 6) is -2.00. The number of carbonyl (C=O) groups is 3. The van der Waals surface area contributed by atoms with Crippen LogP contribution in [0.15, 0.2) is 63.7 Å². The Kier molecular flexibility index (Phi) is 9.25. The van der Waals surface area contributed by atoms with Crippen LogP contribution in [-0.4, -0.2) is 64.3 Å². The van der Waals surface area contributed by atoms with Gasteiger partial charge in [0.2, 0.25) is 0 Å². The number of hydrogen-bond donors (Lipinski definition) is 0. The second-order valence-corrected chi connectivity index (χ2v) is 10.3. The number of nitrogens with zero attached hydrogens (tertiary/aromatic N) is 4. The summed E-state index contributed by atoms with van der Waals surface area (Å²) in [4.78, 5) is 41.4. The van der Waals surface area contributed by atoms with Crippen molar-refractivity contribution in [2.45, 2.75) is 30.6 Å². The maximum absolute atomic E-state index is 12.5. The smallest absolute Gasteiger partial charge is 0.335 e. The van der Waals surface area contributed by atoms with Gasteiger partial charge in [0.05, 0.1) is 35.1 Å². The molecule has 1 saturated heterocycles. The fourth-order valence-corrected chi connectivity index (χ4v) is 4.47. The molecule has 3 rings (SSSR count). The lowest BCUT2D eigenvalue weighted by atomic mass is 10.3. The monoisotopic (exact) mass is 516 g/mol. The molecule has 0 unspecified atom stereocenters. The van der Waals surface area contributed by atoms with Crippen molar-refractivity contribution >= 4 is 44.7 Å². The van der Waals surface area contributed by atoms with Crippen LogP contribution in [0.4, 0.5) is 17.1 Å². The van der Waals surface area contributed by atoms with Crippen LogP contribution in [0.25, 0.3) is 0 Å². The lowest BCUT2D eigenvalue weighted by Crippen LogP contribution is -2.32. The normalized spacial score (nSPS) is 14.0. The number of benzene rings is 2. The number of rotatable bonds is 12. The number of carbonyl (C=O) groups excluding carboxylic acids is 3. The van der Waals surface area contributed by atoms with Crippen LogP contribution in [0.5, 0.6) is 0 Å². The fraction of sp³-hybridized carbons (Fsp3) is 0.375. The number of amides is 2. The van der Waals surface area contributed by atoms with Gasteiger partial charge in [0.15, 0.2) is 9.84 Å². The lowest BCUT2D eigenvalue weighted by Gasteiger charge is -2.12. The molecule has 12 heteroatoms. The van der Waals surface area contributed by atoms with Crippen LogP contribution in [-0.2, 0) is 33.8 Å². The Morgan fingerprint density at radius 3 is 2.03 bits per heavy atom. The fourth-order valence-electron chi connectivity index (χ4n) is 3.18. The number of hydrogen-bond acceptors (Lipinski definition) is 10. The van der Waals surface area contributed by atoms with Crippen molar-refractivity contribution in [1.29, 1.82) is 0 Å². The van der Waals surface area contributed by atoms with E-state index in [1.54, 1.807) is 12.1 Å². The summed E-state index contributed by atoms with van der Waals surface area (Å²) in [5, 5.41) is 8.79. The van der Waals surface area contributed by atoms with Gasteiger partial charge in [-0.2, -0.15) is 10.2 Å². The molecule has 192 valence electrons. The molecule has 0 saturated carbocycles. The van der Waals surface area contributed by atoms with Gasteiger partial charge < -0.3 is 14.5 Å². The van der Waals surface area contributed by atoms with Crippen molar-refractivity contribution in [3.05, 3.63) is 48.5 Å². The summed E-state index contributed by atoms with van der Waals surface area (Å²) in [6.45, 7) is 0.0969. The minimum atomic E-state index is -3.52. The van der Waals surface area contributed by atoms with E-state index in [1.165, 1.54) is 12.1 Å². The highest BCUT2D eigenvalue weighted by Gasteiger charge is 2.32. The van der Waals surface area contributed by atoms with E-state index in [4.69, 9.17) is 9.57 Å². The van der Waals surface area contributed by atoms with Crippen molar-refractivity contribution in [3.8, 4) is 0 Å². The molecule has 2 amide bonds.